The summed E-state index contributed by atoms with van der Waals surface area (Å²) in [5, 5.41) is 19.3. The number of ketones is 1. The lowest BCUT2D eigenvalue weighted by Gasteiger charge is -2.08. The Hall–Kier alpha value is -2.35. The Morgan fingerprint density at radius 3 is 2.58 bits per heavy atom. The molecule has 0 heterocycles. The van der Waals surface area contributed by atoms with Gasteiger partial charge < -0.3 is 10.4 Å². The maximum absolute atomic E-state index is 11.6. The Morgan fingerprint density at radius 1 is 1.32 bits per heavy atom. The largest absolute Gasteiger partial charge is 0.465 e. The minimum Gasteiger partial charge on any atom is -0.465 e. The summed E-state index contributed by atoms with van der Waals surface area (Å²) in [6.07, 6.45) is 0.722. The van der Waals surface area contributed by atoms with E-state index < -0.39 is 12.0 Å². The van der Waals surface area contributed by atoms with Crippen LogP contribution < -0.4 is 5.32 Å². The number of amides is 1. The van der Waals surface area contributed by atoms with Crippen LogP contribution in [0.25, 0.3) is 0 Å². The van der Waals surface area contributed by atoms with E-state index in [1.807, 2.05) is 41.7 Å². The smallest absolute Gasteiger partial charge is 0.405 e. The van der Waals surface area contributed by atoms with Gasteiger partial charge in [-0.15, -0.1) is 0 Å². The summed E-state index contributed by atoms with van der Waals surface area (Å²) in [5.74, 6) is -1.12. The molecule has 1 atom stereocenters. The summed E-state index contributed by atoms with van der Waals surface area (Å²) in [6, 6.07) is 11.7. The van der Waals surface area contributed by atoms with Crippen LogP contribution in [-0.2, 0) is 11.2 Å². The third kappa shape index (κ3) is 5.68. The Kier molecular flexibility index (Phi) is 6.10. The first-order chi connectivity index (χ1) is 9.13. The van der Waals surface area contributed by atoms with Crippen LogP contribution in [-0.4, -0.2) is 23.5 Å². The molecule has 0 aliphatic rings. The molecule has 2 N–H and O–H groups in total. The average molecular weight is 260 g/mol. The number of nitrogens with one attached hydrogen (secondary N) is 1. The van der Waals surface area contributed by atoms with Crippen LogP contribution >= 0.6 is 0 Å². The van der Waals surface area contributed by atoms with Gasteiger partial charge in [0.15, 0.2) is 5.78 Å². The van der Waals surface area contributed by atoms with Crippen molar-refractivity contribution in [1.29, 1.82) is 5.26 Å². The lowest BCUT2D eigenvalue weighted by molar-refractivity contribution is -0.120. The summed E-state index contributed by atoms with van der Waals surface area (Å²) in [5.41, 5.74) is 1.16. The van der Waals surface area contributed by atoms with E-state index in [1.165, 1.54) is 0 Å². The number of benzene rings is 1. The van der Waals surface area contributed by atoms with Crippen molar-refractivity contribution in [3.63, 3.8) is 0 Å². The van der Waals surface area contributed by atoms with Gasteiger partial charge in [0.1, 0.15) is 5.92 Å². The highest BCUT2D eigenvalue weighted by Crippen LogP contribution is 2.11. The zero-order valence-electron chi connectivity index (χ0n) is 10.5. The number of nitriles is 1. The van der Waals surface area contributed by atoms with Gasteiger partial charge in [-0.05, 0) is 24.8 Å². The predicted molar refractivity (Wildman–Crippen MR) is 69.5 cm³/mol. The van der Waals surface area contributed by atoms with Gasteiger partial charge in [0, 0.05) is 0 Å². The molecule has 0 radical (unpaired) electrons. The molecule has 0 bridgehead atoms. The molecular formula is C14H16N2O3. The number of carboxylic acid groups (broad SMARTS) is 1. The molecular weight excluding hydrogens is 244 g/mol. The van der Waals surface area contributed by atoms with Gasteiger partial charge in [0.05, 0.1) is 12.6 Å². The molecule has 1 aromatic rings. The maximum Gasteiger partial charge on any atom is 0.405 e. The van der Waals surface area contributed by atoms with Crippen LogP contribution in [0.15, 0.2) is 30.3 Å². The second kappa shape index (κ2) is 7.88. The highest BCUT2D eigenvalue weighted by atomic mass is 16.4. The topological polar surface area (TPSA) is 90.2 Å². The second-order valence-electron chi connectivity index (χ2n) is 4.18. The van der Waals surface area contributed by atoms with Gasteiger partial charge in [-0.2, -0.15) is 5.26 Å². The van der Waals surface area contributed by atoms with E-state index in [0.29, 0.717) is 6.42 Å². The monoisotopic (exact) mass is 260 g/mol. The van der Waals surface area contributed by atoms with Crippen molar-refractivity contribution in [2.24, 2.45) is 5.92 Å². The van der Waals surface area contributed by atoms with E-state index in [0.717, 1.165) is 18.4 Å². The highest BCUT2D eigenvalue weighted by molar-refractivity contribution is 5.87. The molecule has 0 aliphatic carbocycles. The van der Waals surface area contributed by atoms with Gasteiger partial charge in [-0.1, -0.05) is 30.3 Å². The van der Waals surface area contributed by atoms with Crippen LogP contribution in [0, 0.1) is 17.2 Å². The third-order valence-corrected chi connectivity index (χ3v) is 2.76. The molecule has 0 spiro atoms. The molecule has 1 amide bonds. The first kappa shape index (κ1) is 14.7. The van der Waals surface area contributed by atoms with Crippen molar-refractivity contribution in [3.05, 3.63) is 35.9 Å². The molecule has 1 unspecified atom stereocenters. The molecule has 0 saturated heterocycles. The number of Topliss-reactive ketones (excluding diaryl/α,β-unsaturated/α-hetero) is 1. The van der Waals surface area contributed by atoms with Gasteiger partial charge >= 0.3 is 6.09 Å². The normalized spacial score (nSPS) is 11.3. The van der Waals surface area contributed by atoms with Crippen molar-refractivity contribution < 1.29 is 14.7 Å². The van der Waals surface area contributed by atoms with E-state index in [1.54, 1.807) is 0 Å². The molecule has 1 aromatic carbocycles. The van der Waals surface area contributed by atoms with Gasteiger partial charge in [0.25, 0.3) is 0 Å². The number of nitrogens with zero attached hydrogens (tertiary/aromatic N) is 1. The summed E-state index contributed by atoms with van der Waals surface area (Å²) >= 11 is 0. The maximum atomic E-state index is 11.6. The lowest BCUT2D eigenvalue weighted by atomic mass is 9.97. The molecule has 0 saturated carbocycles. The van der Waals surface area contributed by atoms with Gasteiger partial charge in [-0.3, -0.25) is 4.79 Å². The van der Waals surface area contributed by atoms with Crippen molar-refractivity contribution in [3.8, 4) is 6.07 Å². The van der Waals surface area contributed by atoms with Crippen molar-refractivity contribution in [2.45, 2.75) is 19.3 Å². The van der Waals surface area contributed by atoms with Crippen LogP contribution in [0.5, 0.6) is 0 Å². The number of carbonyl (C=O) groups is 2. The molecule has 1 rings (SSSR count). The molecule has 0 aromatic heterocycles. The van der Waals surface area contributed by atoms with Crippen LogP contribution in [0.2, 0.25) is 0 Å². The van der Waals surface area contributed by atoms with E-state index in [9.17, 15) is 9.59 Å². The lowest BCUT2D eigenvalue weighted by Crippen LogP contribution is -2.31. The summed E-state index contributed by atoms with van der Waals surface area (Å²) in [7, 11) is 0. The quantitative estimate of drug-likeness (QED) is 0.784. The fraction of sp³-hybridized carbons (Fsp3) is 0.357. The number of hydrogen-bond acceptors (Lipinski definition) is 3. The molecule has 0 fully saturated rings. The standard InChI is InChI=1S/C14H16N2O3/c15-9-12(13(17)10-16-14(18)19)8-4-7-11-5-2-1-3-6-11/h1-3,5-6,12,16H,4,7-8,10H2,(H,18,19). The SMILES string of the molecule is N#CC(CCCc1ccccc1)C(=O)CNC(=O)O. The summed E-state index contributed by atoms with van der Waals surface area (Å²) < 4.78 is 0. The van der Waals surface area contributed by atoms with Crippen molar-refractivity contribution >= 4 is 11.9 Å². The van der Waals surface area contributed by atoms with E-state index in [4.69, 9.17) is 10.4 Å². The molecule has 100 valence electrons. The molecule has 19 heavy (non-hydrogen) atoms. The zero-order chi connectivity index (χ0) is 14.1. The Morgan fingerprint density at radius 2 is 2.00 bits per heavy atom. The fourth-order valence-electron chi connectivity index (χ4n) is 1.74. The average Bonchev–Trinajstić information content (AvgIpc) is 2.42. The molecule has 0 aliphatic heterocycles. The predicted octanol–water partition coefficient (Wildman–Crippen LogP) is 1.99. The Labute approximate surface area is 111 Å². The van der Waals surface area contributed by atoms with E-state index in [2.05, 4.69) is 0 Å². The zero-order valence-corrected chi connectivity index (χ0v) is 10.5. The first-order valence-electron chi connectivity index (χ1n) is 6.06. The van der Waals surface area contributed by atoms with Gasteiger partial charge in [-0.25, -0.2) is 4.79 Å². The number of aryl methyl sites for hydroxylation is 1. The Balaban J connectivity index is 2.35. The van der Waals surface area contributed by atoms with Crippen molar-refractivity contribution in [2.75, 3.05) is 6.54 Å². The summed E-state index contributed by atoms with van der Waals surface area (Å²) in [6.45, 7) is -0.307. The summed E-state index contributed by atoms with van der Waals surface area (Å²) in [4.78, 5) is 21.8. The minimum absolute atomic E-state index is 0.307. The highest BCUT2D eigenvalue weighted by Gasteiger charge is 2.17. The third-order valence-electron chi connectivity index (χ3n) is 2.76. The van der Waals surface area contributed by atoms with Gasteiger partial charge in [0.2, 0.25) is 0 Å². The first-order valence-corrected chi connectivity index (χ1v) is 6.06. The van der Waals surface area contributed by atoms with Crippen LogP contribution in [0.3, 0.4) is 0 Å². The molecule has 5 nitrogen and oxygen atoms in total. The number of carbonyl (C=O) groups excluding carboxylic acids is 1. The van der Waals surface area contributed by atoms with Crippen LogP contribution in [0.4, 0.5) is 4.79 Å². The van der Waals surface area contributed by atoms with Crippen LogP contribution in [0.1, 0.15) is 18.4 Å². The Bertz CT molecular complexity index is 465. The number of hydrogen-bond donors (Lipinski definition) is 2. The van der Waals surface area contributed by atoms with E-state index >= 15 is 0 Å². The van der Waals surface area contributed by atoms with E-state index in [-0.39, 0.29) is 12.3 Å². The number of rotatable bonds is 7. The molecule has 5 heteroatoms. The minimum atomic E-state index is -1.26. The fourth-order valence-corrected chi connectivity index (χ4v) is 1.74. The van der Waals surface area contributed by atoms with Crippen molar-refractivity contribution in [1.82, 2.24) is 5.32 Å². The second-order valence-corrected chi connectivity index (χ2v) is 4.18.